The number of carboxylic acids is 1. The first-order chi connectivity index (χ1) is 9.59. The number of carbonyl (C=O) groups is 1. The summed E-state index contributed by atoms with van der Waals surface area (Å²) in [6.07, 6.45) is 3.36. The van der Waals surface area contributed by atoms with E-state index in [9.17, 15) is 4.79 Å². The minimum absolute atomic E-state index is 0.232. The maximum Gasteiger partial charge on any atom is 0.354 e. The third-order valence-electron chi connectivity index (χ3n) is 2.59. The molecule has 0 atom stereocenters. The Bertz CT molecular complexity index is 722. The molecule has 6 nitrogen and oxygen atoms in total. The summed E-state index contributed by atoms with van der Waals surface area (Å²) < 4.78 is 1.57. The van der Waals surface area contributed by atoms with Crippen molar-refractivity contribution < 1.29 is 9.90 Å². The van der Waals surface area contributed by atoms with Crippen molar-refractivity contribution in [2.75, 3.05) is 5.73 Å². The van der Waals surface area contributed by atoms with E-state index < -0.39 is 5.97 Å². The Balaban J connectivity index is 0.000000178. The molecule has 3 rings (SSSR count). The molecule has 0 radical (unpaired) electrons. The molecule has 0 aromatic carbocycles. The Morgan fingerprint density at radius 1 is 1.25 bits per heavy atom. The highest BCUT2D eigenvalue weighted by Gasteiger charge is 2.13. The van der Waals surface area contributed by atoms with Crippen molar-refractivity contribution in [1.82, 2.24) is 14.4 Å². The van der Waals surface area contributed by atoms with E-state index in [4.69, 9.17) is 10.8 Å². The lowest BCUT2D eigenvalue weighted by atomic mass is 10.3. The van der Waals surface area contributed by atoms with Gasteiger partial charge in [-0.3, -0.25) is 4.40 Å². The number of aryl methyl sites for hydroxylation is 1. The van der Waals surface area contributed by atoms with Crippen molar-refractivity contribution in [2.24, 2.45) is 0 Å². The number of pyridine rings is 2. The van der Waals surface area contributed by atoms with Crippen molar-refractivity contribution >= 4 is 17.4 Å². The summed E-state index contributed by atoms with van der Waals surface area (Å²) in [5, 5.41) is 8.89. The van der Waals surface area contributed by atoms with Crippen molar-refractivity contribution in [2.45, 2.75) is 6.92 Å². The molecule has 3 N–H and O–H groups in total. The predicted molar refractivity (Wildman–Crippen MR) is 75.5 cm³/mol. The average molecular weight is 270 g/mol. The van der Waals surface area contributed by atoms with Crippen LogP contribution in [0.3, 0.4) is 0 Å². The molecular weight excluding hydrogens is 256 g/mol. The number of rotatable bonds is 1. The predicted octanol–water partition coefficient (Wildman–Crippen LogP) is 2.00. The summed E-state index contributed by atoms with van der Waals surface area (Å²) in [5.41, 5.74) is 6.68. The first-order valence-electron chi connectivity index (χ1n) is 5.93. The maximum atomic E-state index is 10.8. The van der Waals surface area contributed by atoms with Crippen LogP contribution in [0.1, 0.15) is 16.2 Å². The number of nitrogens with two attached hydrogens (primary N) is 1. The molecule has 0 amide bonds. The molecule has 102 valence electrons. The van der Waals surface area contributed by atoms with Gasteiger partial charge in [0, 0.05) is 12.4 Å². The monoisotopic (exact) mass is 270 g/mol. The van der Waals surface area contributed by atoms with Gasteiger partial charge in [-0.2, -0.15) is 0 Å². The SMILES string of the molecule is Cc1nc2ccccn2c1C(=O)O.Nc1ccccn1. The van der Waals surface area contributed by atoms with Gasteiger partial charge in [-0.15, -0.1) is 0 Å². The number of hydrogen-bond acceptors (Lipinski definition) is 4. The zero-order chi connectivity index (χ0) is 14.5. The van der Waals surface area contributed by atoms with E-state index in [1.54, 1.807) is 41.9 Å². The van der Waals surface area contributed by atoms with Crippen LogP contribution in [-0.2, 0) is 0 Å². The average Bonchev–Trinajstić information content (AvgIpc) is 2.76. The van der Waals surface area contributed by atoms with E-state index in [0.29, 0.717) is 17.2 Å². The van der Waals surface area contributed by atoms with Crippen LogP contribution < -0.4 is 5.73 Å². The van der Waals surface area contributed by atoms with Gasteiger partial charge in [0.1, 0.15) is 11.5 Å². The van der Waals surface area contributed by atoms with Crippen LogP contribution >= 0.6 is 0 Å². The van der Waals surface area contributed by atoms with E-state index >= 15 is 0 Å². The van der Waals surface area contributed by atoms with Gasteiger partial charge < -0.3 is 10.8 Å². The van der Waals surface area contributed by atoms with Gasteiger partial charge in [-0.05, 0) is 31.2 Å². The van der Waals surface area contributed by atoms with E-state index in [1.807, 2.05) is 18.2 Å². The number of anilines is 1. The number of hydrogen-bond donors (Lipinski definition) is 2. The third kappa shape index (κ3) is 2.92. The number of fused-ring (bicyclic) bond motifs is 1. The Morgan fingerprint density at radius 3 is 2.55 bits per heavy atom. The highest BCUT2D eigenvalue weighted by Crippen LogP contribution is 2.10. The van der Waals surface area contributed by atoms with E-state index in [2.05, 4.69) is 9.97 Å². The fourth-order valence-corrected chi connectivity index (χ4v) is 1.75. The summed E-state index contributed by atoms with van der Waals surface area (Å²) in [6.45, 7) is 1.69. The maximum absolute atomic E-state index is 10.8. The Kier molecular flexibility index (Phi) is 3.95. The molecule has 0 saturated heterocycles. The van der Waals surface area contributed by atoms with Crippen molar-refractivity contribution in [3.63, 3.8) is 0 Å². The highest BCUT2D eigenvalue weighted by atomic mass is 16.4. The third-order valence-corrected chi connectivity index (χ3v) is 2.59. The lowest BCUT2D eigenvalue weighted by Gasteiger charge is -1.94. The second kappa shape index (κ2) is 5.83. The molecule has 6 heteroatoms. The molecule has 0 fully saturated rings. The van der Waals surface area contributed by atoms with Gasteiger partial charge in [0.15, 0.2) is 5.69 Å². The molecule has 0 aliphatic carbocycles. The number of aromatic nitrogens is 3. The number of aromatic carboxylic acids is 1. The largest absolute Gasteiger partial charge is 0.477 e. The summed E-state index contributed by atoms with van der Waals surface area (Å²) >= 11 is 0. The topological polar surface area (TPSA) is 93.5 Å². The van der Waals surface area contributed by atoms with Crippen LogP contribution in [0.15, 0.2) is 48.8 Å². The second-order valence-electron chi connectivity index (χ2n) is 4.03. The molecule has 3 heterocycles. The van der Waals surface area contributed by atoms with Gasteiger partial charge in [-0.25, -0.2) is 14.8 Å². The standard InChI is InChI=1S/C9H8N2O2.C5H6N2/c1-6-8(9(12)13)11-5-3-2-4-7(11)10-6;6-5-3-1-2-4-7-5/h2-5H,1H3,(H,12,13);1-4H,(H2,6,7). The minimum Gasteiger partial charge on any atom is -0.477 e. The van der Waals surface area contributed by atoms with Crippen LogP contribution in [0.4, 0.5) is 5.82 Å². The van der Waals surface area contributed by atoms with Crippen LogP contribution in [0.25, 0.3) is 5.65 Å². The Morgan fingerprint density at radius 2 is 2.00 bits per heavy atom. The molecule has 0 aliphatic rings. The molecular formula is C14H14N4O2. The van der Waals surface area contributed by atoms with Gasteiger partial charge in [0.2, 0.25) is 0 Å². The van der Waals surface area contributed by atoms with Crippen LogP contribution in [-0.4, -0.2) is 25.4 Å². The minimum atomic E-state index is -0.948. The fourth-order valence-electron chi connectivity index (χ4n) is 1.75. The van der Waals surface area contributed by atoms with Crippen molar-refractivity contribution in [1.29, 1.82) is 0 Å². The summed E-state index contributed by atoms with van der Waals surface area (Å²) in [7, 11) is 0. The summed E-state index contributed by atoms with van der Waals surface area (Å²) in [6, 6.07) is 10.8. The van der Waals surface area contributed by atoms with Gasteiger partial charge >= 0.3 is 5.97 Å². The number of nitrogen functional groups attached to an aromatic ring is 1. The molecule has 0 spiro atoms. The zero-order valence-corrected chi connectivity index (χ0v) is 10.9. The lowest BCUT2D eigenvalue weighted by Crippen LogP contribution is -2.02. The van der Waals surface area contributed by atoms with Crippen LogP contribution in [0.5, 0.6) is 0 Å². The molecule has 0 aliphatic heterocycles. The summed E-state index contributed by atoms with van der Waals surface area (Å²) in [5.74, 6) is -0.376. The van der Waals surface area contributed by atoms with Gasteiger partial charge in [0.25, 0.3) is 0 Å². The summed E-state index contributed by atoms with van der Waals surface area (Å²) in [4.78, 5) is 18.7. The van der Waals surface area contributed by atoms with Gasteiger partial charge in [0.05, 0.1) is 5.69 Å². The lowest BCUT2D eigenvalue weighted by molar-refractivity contribution is 0.0688. The molecule has 0 unspecified atom stereocenters. The second-order valence-corrected chi connectivity index (χ2v) is 4.03. The quantitative estimate of drug-likeness (QED) is 0.705. The van der Waals surface area contributed by atoms with E-state index in [1.165, 1.54) is 0 Å². The molecule has 0 bridgehead atoms. The normalized spacial score (nSPS) is 9.85. The highest BCUT2D eigenvalue weighted by molar-refractivity contribution is 5.88. The molecule has 20 heavy (non-hydrogen) atoms. The smallest absolute Gasteiger partial charge is 0.354 e. The fraction of sp³-hybridized carbons (Fsp3) is 0.0714. The molecule has 3 aromatic rings. The van der Waals surface area contributed by atoms with Crippen molar-refractivity contribution in [3.05, 3.63) is 60.2 Å². The number of imidazole rings is 1. The number of nitrogens with zero attached hydrogens (tertiary/aromatic N) is 3. The zero-order valence-electron chi connectivity index (χ0n) is 10.9. The Labute approximate surface area is 115 Å². The van der Waals surface area contributed by atoms with Gasteiger partial charge in [-0.1, -0.05) is 12.1 Å². The van der Waals surface area contributed by atoms with Crippen molar-refractivity contribution in [3.8, 4) is 0 Å². The van der Waals surface area contributed by atoms with E-state index in [-0.39, 0.29) is 5.69 Å². The molecule has 0 saturated carbocycles. The molecule has 3 aromatic heterocycles. The van der Waals surface area contributed by atoms with E-state index in [0.717, 1.165) is 0 Å². The first-order valence-corrected chi connectivity index (χ1v) is 5.93. The number of carboxylic acid groups (broad SMARTS) is 1. The van der Waals surface area contributed by atoms with Crippen LogP contribution in [0.2, 0.25) is 0 Å². The van der Waals surface area contributed by atoms with Crippen LogP contribution in [0, 0.1) is 6.92 Å². The first kappa shape index (κ1) is 13.5. The Hall–Kier alpha value is -2.89.